The second-order valence-electron chi connectivity index (χ2n) is 4.26. The van der Waals surface area contributed by atoms with Crippen LogP contribution in [0.2, 0.25) is 0 Å². The summed E-state index contributed by atoms with van der Waals surface area (Å²) in [6.07, 6.45) is 1.83. The maximum atomic E-state index is 11.5. The molecule has 90 valence electrons. The van der Waals surface area contributed by atoms with Gasteiger partial charge in [-0.2, -0.15) is 0 Å². The summed E-state index contributed by atoms with van der Waals surface area (Å²) in [5, 5.41) is 8.00. The molecule has 0 spiro atoms. The van der Waals surface area contributed by atoms with Gasteiger partial charge in [0.1, 0.15) is 0 Å². The number of rotatable bonds is 5. The molecule has 1 rings (SSSR count). The van der Waals surface area contributed by atoms with Crippen LogP contribution in [0.15, 0.2) is 0 Å². The average molecular weight is 237 g/mol. The lowest BCUT2D eigenvalue weighted by atomic mass is 10.0. The van der Waals surface area contributed by atoms with Gasteiger partial charge in [0.2, 0.25) is 10.0 Å². The molecule has 0 radical (unpaired) electrons. The second-order valence-corrected chi connectivity index (χ2v) is 6.44. The fourth-order valence-electron chi connectivity index (χ4n) is 1.47. The molecule has 1 aliphatic heterocycles. The van der Waals surface area contributed by atoms with Crippen molar-refractivity contribution < 1.29 is 18.3 Å². The third kappa shape index (κ3) is 3.41. The Hall–Kier alpha value is -0.170. The maximum absolute atomic E-state index is 11.5. The Morgan fingerprint density at radius 3 is 2.73 bits per heavy atom. The zero-order valence-electron chi connectivity index (χ0n) is 9.19. The Kier molecular flexibility index (Phi) is 4.11. The van der Waals surface area contributed by atoms with Gasteiger partial charge in [0.15, 0.2) is 0 Å². The zero-order valence-corrected chi connectivity index (χ0v) is 10.0. The fourth-order valence-corrected chi connectivity index (χ4v) is 2.46. The summed E-state index contributed by atoms with van der Waals surface area (Å²) in [6, 6.07) is 0. The van der Waals surface area contributed by atoms with Crippen molar-refractivity contribution in [3.8, 4) is 0 Å². The van der Waals surface area contributed by atoms with Crippen LogP contribution < -0.4 is 4.72 Å². The van der Waals surface area contributed by atoms with Gasteiger partial charge in [-0.1, -0.05) is 0 Å². The van der Waals surface area contributed by atoms with Crippen molar-refractivity contribution in [3.05, 3.63) is 0 Å². The van der Waals surface area contributed by atoms with E-state index in [0.29, 0.717) is 6.61 Å². The van der Waals surface area contributed by atoms with Crippen molar-refractivity contribution in [2.75, 3.05) is 19.8 Å². The van der Waals surface area contributed by atoms with E-state index in [1.165, 1.54) is 6.92 Å². The topological polar surface area (TPSA) is 75.6 Å². The van der Waals surface area contributed by atoms with E-state index < -0.39 is 15.3 Å². The molecule has 15 heavy (non-hydrogen) atoms. The number of nitrogens with one attached hydrogen (secondary N) is 1. The highest BCUT2D eigenvalue weighted by molar-refractivity contribution is 7.90. The molecule has 1 saturated heterocycles. The highest BCUT2D eigenvalue weighted by Crippen LogP contribution is 2.24. The van der Waals surface area contributed by atoms with Crippen LogP contribution in [0.5, 0.6) is 0 Å². The molecule has 2 unspecified atom stereocenters. The Morgan fingerprint density at radius 1 is 1.60 bits per heavy atom. The number of hydrogen-bond acceptors (Lipinski definition) is 4. The summed E-state index contributed by atoms with van der Waals surface area (Å²) in [5.41, 5.74) is -0.387. The first-order valence-electron chi connectivity index (χ1n) is 5.13. The van der Waals surface area contributed by atoms with E-state index in [1.807, 2.05) is 6.92 Å². The highest BCUT2D eigenvalue weighted by Gasteiger charge is 2.32. The first-order chi connectivity index (χ1) is 6.90. The molecule has 2 N–H and O–H groups in total. The van der Waals surface area contributed by atoms with Gasteiger partial charge in [0.05, 0.1) is 17.5 Å². The molecule has 2 atom stereocenters. The normalized spacial score (nSPS) is 29.3. The van der Waals surface area contributed by atoms with Gasteiger partial charge in [0.25, 0.3) is 0 Å². The van der Waals surface area contributed by atoms with Crippen LogP contribution in [-0.2, 0) is 14.8 Å². The molecule has 0 aromatic heterocycles. The summed E-state index contributed by atoms with van der Waals surface area (Å²) in [7, 11) is -3.42. The quantitative estimate of drug-likeness (QED) is 0.697. The molecular formula is C9H19NO4S. The van der Waals surface area contributed by atoms with E-state index in [1.54, 1.807) is 0 Å². The lowest BCUT2D eigenvalue weighted by molar-refractivity contribution is 0.0250. The molecule has 0 amide bonds. The molecular weight excluding hydrogens is 218 g/mol. The van der Waals surface area contributed by atoms with Crippen molar-refractivity contribution in [2.45, 2.75) is 37.5 Å². The molecule has 0 aliphatic carbocycles. The lowest BCUT2D eigenvalue weighted by Gasteiger charge is -2.24. The minimum absolute atomic E-state index is 0.277. The first kappa shape index (κ1) is 12.9. The summed E-state index contributed by atoms with van der Waals surface area (Å²) >= 11 is 0. The van der Waals surface area contributed by atoms with E-state index >= 15 is 0 Å². The lowest BCUT2D eigenvalue weighted by Crippen LogP contribution is -2.43. The third-order valence-corrected chi connectivity index (χ3v) is 4.49. The molecule has 0 saturated carbocycles. The van der Waals surface area contributed by atoms with Crippen LogP contribution in [0.25, 0.3) is 0 Å². The van der Waals surface area contributed by atoms with Crippen molar-refractivity contribution >= 4 is 10.0 Å². The zero-order chi connectivity index (χ0) is 11.5. The Balaban J connectivity index is 2.49. The van der Waals surface area contributed by atoms with E-state index in [-0.39, 0.29) is 18.8 Å². The molecule has 0 aromatic carbocycles. The molecule has 0 bridgehead atoms. The van der Waals surface area contributed by atoms with Gasteiger partial charge in [-0.3, -0.25) is 0 Å². The van der Waals surface area contributed by atoms with Gasteiger partial charge < -0.3 is 9.84 Å². The third-order valence-electron chi connectivity index (χ3n) is 2.73. The van der Waals surface area contributed by atoms with Crippen LogP contribution in [-0.4, -0.2) is 44.1 Å². The van der Waals surface area contributed by atoms with Gasteiger partial charge in [-0.05, 0) is 26.7 Å². The summed E-state index contributed by atoms with van der Waals surface area (Å²) in [5.74, 6) is 0. The van der Waals surface area contributed by atoms with Crippen LogP contribution in [0.3, 0.4) is 0 Å². The second kappa shape index (κ2) is 4.78. The number of aliphatic hydroxyl groups is 1. The number of ether oxygens (including phenoxy) is 1. The Bertz CT molecular complexity index is 295. The average Bonchev–Trinajstić information content (AvgIpc) is 2.62. The predicted molar refractivity (Wildman–Crippen MR) is 57.1 cm³/mol. The highest BCUT2D eigenvalue weighted by atomic mass is 32.2. The first-order valence-corrected chi connectivity index (χ1v) is 6.67. The molecule has 6 heteroatoms. The molecule has 0 aromatic rings. The Morgan fingerprint density at radius 2 is 2.27 bits per heavy atom. The van der Waals surface area contributed by atoms with E-state index in [9.17, 15) is 8.42 Å². The smallest absolute Gasteiger partial charge is 0.216 e. The maximum Gasteiger partial charge on any atom is 0.216 e. The monoisotopic (exact) mass is 237 g/mol. The molecule has 1 aliphatic rings. The van der Waals surface area contributed by atoms with Crippen molar-refractivity contribution in [1.82, 2.24) is 4.72 Å². The van der Waals surface area contributed by atoms with Crippen molar-refractivity contribution in [1.29, 1.82) is 0 Å². The SMILES string of the molecule is CC(CO)S(=O)(=O)NCC1(C)CCCO1. The fraction of sp³-hybridized carbons (Fsp3) is 1.00. The minimum atomic E-state index is -3.42. The Labute approximate surface area is 90.9 Å². The summed E-state index contributed by atoms with van der Waals surface area (Å²) in [4.78, 5) is 0. The summed E-state index contributed by atoms with van der Waals surface area (Å²) < 4.78 is 31.0. The predicted octanol–water partition coefficient (Wildman–Crippen LogP) is -0.144. The number of aliphatic hydroxyl groups excluding tert-OH is 1. The number of hydrogen-bond donors (Lipinski definition) is 2. The van der Waals surface area contributed by atoms with Crippen LogP contribution in [0.1, 0.15) is 26.7 Å². The largest absolute Gasteiger partial charge is 0.395 e. The van der Waals surface area contributed by atoms with Crippen LogP contribution >= 0.6 is 0 Å². The van der Waals surface area contributed by atoms with Crippen molar-refractivity contribution in [3.63, 3.8) is 0 Å². The molecule has 1 fully saturated rings. The number of sulfonamides is 1. The van der Waals surface area contributed by atoms with Crippen molar-refractivity contribution in [2.24, 2.45) is 0 Å². The van der Waals surface area contributed by atoms with Gasteiger partial charge >= 0.3 is 0 Å². The van der Waals surface area contributed by atoms with Crippen LogP contribution in [0.4, 0.5) is 0 Å². The van der Waals surface area contributed by atoms with E-state index in [4.69, 9.17) is 9.84 Å². The van der Waals surface area contributed by atoms with E-state index in [0.717, 1.165) is 12.8 Å². The summed E-state index contributed by atoms with van der Waals surface area (Å²) in [6.45, 7) is 3.96. The van der Waals surface area contributed by atoms with Gasteiger partial charge in [-0.15, -0.1) is 0 Å². The molecule has 1 heterocycles. The van der Waals surface area contributed by atoms with E-state index in [2.05, 4.69) is 4.72 Å². The standard InChI is InChI=1S/C9H19NO4S/c1-8(6-11)15(12,13)10-7-9(2)4-3-5-14-9/h8,10-11H,3-7H2,1-2H3. The minimum Gasteiger partial charge on any atom is -0.395 e. The van der Waals surface area contributed by atoms with Gasteiger partial charge in [0, 0.05) is 13.2 Å². The van der Waals surface area contributed by atoms with Crippen LogP contribution in [0, 0.1) is 0 Å². The van der Waals surface area contributed by atoms with Gasteiger partial charge in [-0.25, -0.2) is 13.1 Å². The molecule has 5 nitrogen and oxygen atoms in total.